The van der Waals surface area contributed by atoms with E-state index in [-0.39, 0.29) is 5.56 Å². The molecule has 3 heterocycles. The summed E-state index contributed by atoms with van der Waals surface area (Å²) in [5, 5.41) is 4.49. The number of rotatable bonds is 7. The van der Waals surface area contributed by atoms with Crippen molar-refractivity contribution in [2.24, 2.45) is 5.92 Å². The number of likely N-dealkylation sites (tertiary alicyclic amines) is 1. The zero-order valence-electron chi connectivity index (χ0n) is 16.8. The van der Waals surface area contributed by atoms with E-state index in [2.05, 4.69) is 27.1 Å². The van der Waals surface area contributed by atoms with Crippen molar-refractivity contribution in [2.45, 2.75) is 32.4 Å². The quantitative estimate of drug-likeness (QED) is 0.618. The Morgan fingerprint density at radius 2 is 1.90 bits per heavy atom. The zero-order valence-corrected chi connectivity index (χ0v) is 16.8. The van der Waals surface area contributed by atoms with Gasteiger partial charge in [0.25, 0.3) is 5.56 Å². The fourth-order valence-electron chi connectivity index (χ4n) is 3.84. The lowest BCUT2D eigenvalue weighted by molar-refractivity contribution is 0.135. The molecule has 3 aromatic rings. The molecule has 7 heteroatoms. The fraction of sp³-hybridized carbons (Fsp3) is 0.409. The van der Waals surface area contributed by atoms with Crippen LogP contribution in [-0.4, -0.2) is 44.4 Å². The van der Waals surface area contributed by atoms with E-state index in [0.29, 0.717) is 12.5 Å². The second kappa shape index (κ2) is 9.05. The maximum Gasteiger partial charge on any atom is 0.268 e. The van der Waals surface area contributed by atoms with Gasteiger partial charge in [0.15, 0.2) is 5.82 Å². The highest BCUT2D eigenvalue weighted by atomic mass is 16.5. The van der Waals surface area contributed by atoms with Gasteiger partial charge in [-0.05, 0) is 55.4 Å². The van der Waals surface area contributed by atoms with Crippen LogP contribution in [0.25, 0.3) is 5.82 Å². The van der Waals surface area contributed by atoms with Gasteiger partial charge in [0.1, 0.15) is 12.1 Å². The topological polar surface area (TPSA) is 65.2 Å². The molecule has 0 radical (unpaired) electrons. The standard InChI is InChI=1S/C22H27N5O2/c1-29-20-6-4-18(5-7-20)2-3-19-10-13-25(14-11-19)17-27-22(28)9-8-21(24-27)26-15-12-23-16-26/h4-9,12,15-16,19H,2-3,10-11,13-14,17H2,1H3. The molecular formula is C22H27N5O2. The highest BCUT2D eigenvalue weighted by Crippen LogP contribution is 2.23. The molecule has 1 aliphatic heterocycles. The van der Waals surface area contributed by atoms with Crippen LogP contribution < -0.4 is 10.3 Å². The van der Waals surface area contributed by atoms with Crippen LogP contribution in [0.1, 0.15) is 24.8 Å². The van der Waals surface area contributed by atoms with Crippen LogP contribution in [0.2, 0.25) is 0 Å². The lowest BCUT2D eigenvalue weighted by Crippen LogP contribution is -2.39. The third-order valence-electron chi connectivity index (χ3n) is 5.66. The Labute approximate surface area is 170 Å². The maximum atomic E-state index is 12.2. The number of aromatic nitrogens is 4. The van der Waals surface area contributed by atoms with Gasteiger partial charge in [-0.15, -0.1) is 5.10 Å². The number of piperidine rings is 1. The highest BCUT2D eigenvalue weighted by Gasteiger charge is 2.20. The monoisotopic (exact) mass is 393 g/mol. The molecular weight excluding hydrogens is 366 g/mol. The molecule has 0 amide bonds. The van der Waals surface area contributed by atoms with Crippen molar-refractivity contribution >= 4 is 0 Å². The molecule has 1 fully saturated rings. The fourth-order valence-corrected chi connectivity index (χ4v) is 3.84. The first kappa shape index (κ1) is 19.4. The molecule has 0 aliphatic carbocycles. The van der Waals surface area contributed by atoms with Crippen LogP contribution in [0.15, 0.2) is 59.9 Å². The van der Waals surface area contributed by atoms with E-state index in [0.717, 1.165) is 44.0 Å². The Morgan fingerprint density at radius 1 is 1.10 bits per heavy atom. The first-order valence-corrected chi connectivity index (χ1v) is 10.1. The van der Waals surface area contributed by atoms with Gasteiger partial charge in [-0.3, -0.25) is 14.3 Å². The van der Waals surface area contributed by atoms with E-state index in [1.54, 1.807) is 41.0 Å². The van der Waals surface area contributed by atoms with Gasteiger partial charge in [0.05, 0.1) is 13.8 Å². The lowest BCUT2D eigenvalue weighted by Gasteiger charge is -2.31. The largest absolute Gasteiger partial charge is 0.497 e. The second-order valence-electron chi connectivity index (χ2n) is 7.59. The SMILES string of the molecule is COc1ccc(CCC2CCN(Cn3nc(-n4ccnc4)ccc3=O)CC2)cc1. The number of hydrogen-bond donors (Lipinski definition) is 0. The van der Waals surface area contributed by atoms with Crippen LogP contribution in [0.5, 0.6) is 5.75 Å². The molecule has 7 nitrogen and oxygen atoms in total. The average Bonchev–Trinajstić information content (AvgIpc) is 3.30. The smallest absolute Gasteiger partial charge is 0.268 e. The Balaban J connectivity index is 1.28. The summed E-state index contributed by atoms with van der Waals surface area (Å²) in [4.78, 5) is 18.6. The number of benzene rings is 1. The van der Waals surface area contributed by atoms with Crippen LogP contribution in [0.4, 0.5) is 0 Å². The molecule has 152 valence electrons. The summed E-state index contributed by atoms with van der Waals surface area (Å²) in [5.74, 6) is 2.34. The van der Waals surface area contributed by atoms with Gasteiger partial charge in [-0.1, -0.05) is 12.1 Å². The van der Waals surface area contributed by atoms with Crippen LogP contribution in [-0.2, 0) is 13.1 Å². The Morgan fingerprint density at radius 3 is 2.59 bits per heavy atom. The van der Waals surface area contributed by atoms with Gasteiger partial charge in [-0.25, -0.2) is 9.67 Å². The molecule has 0 bridgehead atoms. The van der Waals surface area contributed by atoms with Crippen molar-refractivity contribution in [3.05, 3.63) is 71.0 Å². The lowest BCUT2D eigenvalue weighted by atomic mass is 9.91. The Hall–Kier alpha value is -2.93. The van der Waals surface area contributed by atoms with E-state index in [9.17, 15) is 4.79 Å². The van der Waals surface area contributed by atoms with Crippen LogP contribution in [0, 0.1) is 5.92 Å². The van der Waals surface area contributed by atoms with Gasteiger partial charge in [0, 0.05) is 31.5 Å². The van der Waals surface area contributed by atoms with E-state index in [1.807, 2.05) is 18.3 Å². The van der Waals surface area contributed by atoms with Crippen LogP contribution in [0.3, 0.4) is 0 Å². The van der Waals surface area contributed by atoms with E-state index in [4.69, 9.17) is 4.74 Å². The number of hydrogen-bond acceptors (Lipinski definition) is 5. The number of ether oxygens (including phenoxy) is 1. The Bertz CT molecular complexity index is 958. The minimum absolute atomic E-state index is 0.0736. The van der Waals surface area contributed by atoms with Crippen molar-refractivity contribution in [3.8, 4) is 11.6 Å². The predicted octanol–water partition coefficient (Wildman–Crippen LogP) is 2.74. The molecule has 0 spiro atoms. The molecule has 1 aromatic carbocycles. The van der Waals surface area contributed by atoms with Gasteiger partial charge < -0.3 is 4.74 Å². The molecule has 29 heavy (non-hydrogen) atoms. The summed E-state index contributed by atoms with van der Waals surface area (Å²) < 4.78 is 8.58. The molecule has 0 saturated carbocycles. The average molecular weight is 393 g/mol. The number of nitrogens with zero attached hydrogens (tertiary/aromatic N) is 5. The van der Waals surface area contributed by atoms with Crippen molar-refractivity contribution in [1.82, 2.24) is 24.2 Å². The summed E-state index contributed by atoms with van der Waals surface area (Å²) in [7, 11) is 1.69. The highest BCUT2D eigenvalue weighted by molar-refractivity contribution is 5.27. The van der Waals surface area contributed by atoms with Gasteiger partial charge in [0.2, 0.25) is 0 Å². The predicted molar refractivity (Wildman–Crippen MR) is 111 cm³/mol. The van der Waals surface area contributed by atoms with Crippen molar-refractivity contribution < 1.29 is 4.74 Å². The van der Waals surface area contributed by atoms with Gasteiger partial charge >= 0.3 is 0 Å². The maximum absolute atomic E-state index is 12.2. The summed E-state index contributed by atoms with van der Waals surface area (Å²) in [6.45, 7) is 2.53. The van der Waals surface area contributed by atoms with Crippen molar-refractivity contribution in [1.29, 1.82) is 0 Å². The minimum atomic E-state index is -0.0736. The van der Waals surface area contributed by atoms with Crippen molar-refractivity contribution in [2.75, 3.05) is 20.2 Å². The molecule has 2 aromatic heterocycles. The van der Waals surface area contributed by atoms with E-state index >= 15 is 0 Å². The third-order valence-corrected chi connectivity index (χ3v) is 5.66. The second-order valence-corrected chi connectivity index (χ2v) is 7.59. The molecule has 1 saturated heterocycles. The third kappa shape index (κ3) is 4.92. The summed E-state index contributed by atoms with van der Waals surface area (Å²) in [5.41, 5.74) is 1.29. The minimum Gasteiger partial charge on any atom is -0.497 e. The first-order valence-electron chi connectivity index (χ1n) is 10.1. The van der Waals surface area contributed by atoms with Crippen LogP contribution >= 0.6 is 0 Å². The molecule has 0 N–H and O–H groups in total. The Kier molecular flexibility index (Phi) is 6.05. The number of aryl methyl sites for hydroxylation is 1. The van der Waals surface area contributed by atoms with Gasteiger partial charge in [-0.2, -0.15) is 0 Å². The summed E-state index contributed by atoms with van der Waals surface area (Å²) >= 11 is 0. The normalized spacial score (nSPS) is 15.5. The van der Waals surface area contributed by atoms with E-state index < -0.39 is 0 Å². The molecule has 4 rings (SSSR count). The van der Waals surface area contributed by atoms with Crippen molar-refractivity contribution in [3.63, 3.8) is 0 Å². The summed E-state index contributed by atoms with van der Waals surface area (Å²) in [6, 6.07) is 11.7. The number of methoxy groups -OCH3 is 1. The van der Waals surface area contributed by atoms with E-state index in [1.165, 1.54) is 12.0 Å². The first-order chi connectivity index (χ1) is 14.2. The molecule has 0 unspecified atom stereocenters. The zero-order chi connectivity index (χ0) is 20.1. The number of imidazole rings is 1. The molecule has 1 aliphatic rings. The summed E-state index contributed by atoms with van der Waals surface area (Å²) in [6.07, 6.45) is 9.83. The molecule has 0 atom stereocenters.